The van der Waals surface area contributed by atoms with Crippen molar-refractivity contribution in [2.75, 3.05) is 26.2 Å². The van der Waals surface area contributed by atoms with Crippen LogP contribution in [-0.2, 0) is 9.22 Å². The monoisotopic (exact) mass is 757 g/mol. The van der Waals surface area contributed by atoms with Gasteiger partial charge in [-0.2, -0.15) is 0 Å². The smallest absolute Gasteiger partial charge is 0.220 e. The van der Waals surface area contributed by atoms with Gasteiger partial charge in [0.2, 0.25) is 5.91 Å². The first-order valence-corrected chi connectivity index (χ1v) is 26.7. The van der Waals surface area contributed by atoms with Crippen LogP contribution in [-0.4, -0.2) is 51.4 Å². The predicted octanol–water partition coefficient (Wildman–Crippen LogP) is 13.6. The number of hydrogen-bond donors (Lipinski definition) is 1. The number of nitrogens with one attached hydrogen (secondary N) is 1. The summed E-state index contributed by atoms with van der Waals surface area (Å²) in [4.78, 5) is 15.9. The van der Waals surface area contributed by atoms with Gasteiger partial charge >= 0.3 is 0 Å². The van der Waals surface area contributed by atoms with Gasteiger partial charge in [-0.1, -0.05) is 120 Å². The molecule has 1 amide bonds. The fourth-order valence-electron chi connectivity index (χ4n) is 12.5. The Hall–Kier alpha value is -0.393. The van der Waals surface area contributed by atoms with Gasteiger partial charge in [-0.3, -0.25) is 4.79 Å². The van der Waals surface area contributed by atoms with Crippen molar-refractivity contribution in [1.82, 2.24) is 10.2 Å². The van der Waals surface area contributed by atoms with Crippen molar-refractivity contribution < 1.29 is 9.22 Å². The second-order valence-corrected chi connectivity index (χ2v) is 26.2. The number of amides is 1. The quantitative estimate of drug-likeness (QED) is 0.0834. The minimum absolute atomic E-state index is 0.290. The van der Waals surface area contributed by atoms with Crippen molar-refractivity contribution in [3.05, 3.63) is 0 Å². The van der Waals surface area contributed by atoms with Crippen molar-refractivity contribution >= 4 is 14.2 Å². The molecule has 53 heavy (non-hydrogen) atoms. The summed E-state index contributed by atoms with van der Waals surface area (Å²) in [5.74, 6) is 5.29. The van der Waals surface area contributed by atoms with E-state index < -0.39 is 8.32 Å². The highest BCUT2D eigenvalue weighted by Crippen LogP contribution is 2.68. The molecule has 310 valence electrons. The number of fused-ring (bicyclic) bond motifs is 5. The van der Waals surface area contributed by atoms with E-state index in [9.17, 15) is 4.79 Å². The molecular weight excluding hydrogens is 665 g/mol. The SMILES string of the molecule is CCCCCCCCN(CCCCCCCC)CCNC(=O)CC[C@@H](C)[C@H]1CC[C@H]2[C@@H]3CCC4C[C@H](O[Si](C)(C)C(C)(C)C)CC[C@]4(C)[C@H]3CC[C@]12C. The van der Waals surface area contributed by atoms with Crippen LogP contribution in [0.25, 0.3) is 0 Å². The minimum Gasteiger partial charge on any atom is -0.414 e. The summed E-state index contributed by atoms with van der Waals surface area (Å²) in [6, 6.07) is 0. The zero-order chi connectivity index (χ0) is 38.7. The Morgan fingerprint density at radius 1 is 0.774 bits per heavy atom. The molecule has 4 aliphatic rings. The molecule has 0 spiro atoms. The van der Waals surface area contributed by atoms with Gasteiger partial charge in [0.15, 0.2) is 8.32 Å². The lowest BCUT2D eigenvalue weighted by atomic mass is 9.44. The Morgan fingerprint density at radius 2 is 1.36 bits per heavy atom. The number of unbranched alkanes of at least 4 members (excludes halogenated alkanes) is 10. The summed E-state index contributed by atoms with van der Waals surface area (Å²) in [5, 5.41) is 3.66. The van der Waals surface area contributed by atoms with E-state index in [4.69, 9.17) is 4.43 Å². The van der Waals surface area contributed by atoms with Crippen LogP contribution >= 0.6 is 0 Å². The molecule has 9 atom stereocenters. The highest BCUT2D eigenvalue weighted by molar-refractivity contribution is 6.74. The van der Waals surface area contributed by atoms with Crippen LogP contribution < -0.4 is 5.32 Å². The third kappa shape index (κ3) is 12.1. The van der Waals surface area contributed by atoms with E-state index in [0.29, 0.717) is 40.2 Å². The van der Waals surface area contributed by atoms with Gasteiger partial charge in [-0.25, -0.2) is 0 Å². The van der Waals surface area contributed by atoms with Crippen molar-refractivity contribution in [2.45, 2.75) is 227 Å². The molecule has 0 radical (unpaired) electrons. The first-order valence-electron chi connectivity index (χ1n) is 23.8. The normalized spacial score (nSPS) is 32.3. The summed E-state index contributed by atoms with van der Waals surface area (Å²) in [7, 11) is -1.73. The van der Waals surface area contributed by atoms with Gasteiger partial charge in [-0.05, 0) is 155 Å². The Morgan fingerprint density at radius 3 is 1.98 bits per heavy atom. The average molecular weight is 757 g/mol. The molecule has 4 rings (SSSR count). The van der Waals surface area contributed by atoms with Gasteiger partial charge < -0.3 is 14.6 Å². The Labute approximate surface area is 332 Å². The summed E-state index contributed by atoms with van der Waals surface area (Å²) in [6.45, 7) is 28.8. The van der Waals surface area contributed by atoms with E-state index in [1.165, 1.54) is 148 Å². The zero-order valence-corrected chi connectivity index (χ0v) is 38.4. The lowest BCUT2D eigenvalue weighted by Crippen LogP contribution is -2.55. The zero-order valence-electron chi connectivity index (χ0n) is 37.4. The highest BCUT2D eigenvalue weighted by Gasteiger charge is 2.61. The lowest BCUT2D eigenvalue weighted by molar-refractivity contribution is -0.128. The van der Waals surface area contributed by atoms with Crippen LogP contribution in [0, 0.1) is 46.3 Å². The summed E-state index contributed by atoms with van der Waals surface area (Å²) >= 11 is 0. The fraction of sp³-hybridized carbons (Fsp3) is 0.979. The molecule has 1 unspecified atom stereocenters. The average Bonchev–Trinajstić information content (AvgIpc) is 3.46. The fourth-order valence-corrected chi connectivity index (χ4v) is 13.9. The maximum atomic E-state index is 13.2. The number of carbonyl (C=O) groups is 1. The molecule has 4 fully saturated rings. The van der Waals surface area contributed by atoms with Crippen molar-refractivity contribution in [3.8, 4) is 0 Å². The van der Waals surface area contributed by atoms with Crippen molar-refractivity contribution in [3.63, 3.8) is 0 Å². The summed E-state index contributed by atoms with van der Waals surface area (Å²) < 4.78 is 7.03. The second-order valence-electron chi connectivity index (χ2n) is 21.4. The largest absolute Gasteiger partial charge is 0.414 e. The maximum Gasteiger partial charge on any atom is 0.220 e. The summed E-state index contributed by atoms with van der Waals surface area (Å²) in [5.41, 5.74) is 0.981. The minimum atomic E-state index is -1.73. The predicted molar refractivity (Wildman–Crippen MR) is 232 cm³/mol. The van der Waals surface area contributed by atoms with Crippen molar-refractivity contribution in [2.24, 2.45) is 46.3 Å². The molecule has 0 aromatic carbocycles. The highest BCUT2D eigenvalue weighted by atomic mass is 28.4. The molecule has 0 saturated heterocycles. The number of hydrogen-bond acceptors (Lipinski definition) is 3. The van der Waals surface area contributed by atoms with Gasteiger partial charge in [0.25, 0.3) is 0 Å². The van der Waals surface area contributed by atoms with Crippen LogP contribution in [0.5, 0.6) is 0 Å². The number of nitrogens with zero attached hydrogens (tertiary/aromatic N) is 1. The molecule has 0 aromatic heterocycles. The summed E-state index contributed by atoms with van der Waals surface area (Å²) in [6.07, 6.45) is 31.0. The van der Waals surface area contributed by atoms with E-state index >= 15 is 0 Å². The first kappa shape index (κ1) is 45.3. The van der Waals surface area contributed by atoms with Gasteiger partial charge in [0, 0.05) is 25.6 Å². The molecular formula is C48H92N2O2Si. The maximum absolute atomic E-state index is 13.2. The molecule has 4 aliphatic carbocycles. The van der Waals surface area contributed by atoms with E-state index in [1.54, 1.807) is 0 Å². The number of carbonyl (C=O) groups excluding carboxylic acids is 1. The van der Waals surface area contributed by atoms with Gasteiger partial charge in [0.1, 0.15) is 0 Å². The third-order valence-electron chi connectivity index (χ3n) is 16.9. The Balaban J connectivity index is 1.21. The Bertz CT molecular complexity index is 1060. The van der Waals surface area contributed by atoms with E-state index in [0.717, 1.165) is 49.1 Å². The molecule has 0 aliphatic heterocycles. The van der Waals surface area contributed by atoms with E-state index in [1.807, 2.05) is 0 Å². The van der Waals surface area contributed by atoms with Crippen LogP contribution in [0.15, 0.2) is 0 Å². The van der Waals surface area contributed by atoms with E-state index in [2.05, 4.69) is 78.7 Å². The van der Waals surface area contributed by atoms with Crippen LogP contribution in [0.3, 0.4) is 0 Å². The van der Waals surface area contributed by atoms with Crippen LogP contribution in [0.1, 0.15) is 203 Å². The lowest BCUT2D eigenvalue weighted by Gasteiger charge is -2.61. The Kier molecular flexibility index (Phi) is 17.8. The van der Waals surface area contributed by atoms with E-state index in [-0.39, 0.29) is 0 Å². The van der Waals surface area contributed by atoms with Gasteiger partial charge in [-0.15, -0.1) is 0 Å². The topological polar surface area (TPSA) is 41.6 Å². The molecule has 5 heteroatoms. The van der Waals surface area contributed by atoms with Gasteiger partial charge in [0.05, 0.1) is 0 Å². The van der Waals surface area contributed by atoms with Crippen LogP contribution in [0.2, 0.25) is 18.1 Å². The molecule has 4 nitrogen and oxygen atoms in total. The second kappa shape index (κ2) is 20.9. The van der Waals surface area contributed by atoms with Crippen LogP contribution in [0.4, 0.5) is 0 Å². The molecule has 0 aromatic rings. The first-order chi connectivity index (χ1) is 25.2. The standard InChI is InChI=1S/C48H92N2O2Si/c1-11-13-15-17-19-21-34-50(35-22-20-18-16-14-12-2)36-33-49-45(51)28-23-38(3)42-26-27-43-41-25-24-39-37-40(52-53(9,10)46(4,5)6)29-31-47(39,7)44(41)30-32-48(42,43)8/h38-44H,11-37H2,1-10H3,(H,49,51)/t38-,39?,40-,41+,42-,43+,44+,47+,48-/m1/s1. The third-order valence-corrected chi connectivity index (χ3v) is 21.4. The number of rotatable bonds is 23. The molecule has 4 saturated carbocycles. The molecule has 1 N–H and O–H groups in total. The van der Waals surface area contributed by atoms with Crippen molar-refractivity contribution in [1.29, 1.82) is 0 Å². The molecule has 0 bridgehead atoms. The molecule has 0 heterocycles.